The molecular formula is C19H23ClN2O3S. The molecule has 0 aromatic heterocycles. The largest absolute Gasteiger partial charge is 0.348 e. The minimum atomic E-state index is -3.66. The van der Waals surface area contributed by atoms with Crippen LogP contribution in [0.1, 0.15) is 29.7 Å². The number of sulfonamides is 1. The Morgan fingerprint density at radius 3 is 2.38 bits per heavy atom. The average molecular weight is 395 g/mol. The van der Waals surface area contributed by atoms with Crippen LogP contribution < -0.4 is 9.62 Å². The van der Waals surface area contributed by atoms with E-state index in [1.54, 1.807) is 24.3 Å². The molecule has 7 heteroatoms. The van der Waals surface area contributed by atoms with Crippen molar-refractivity contribution < 1.29 is 13.2 Å². The number of nitrogens with zero attached hydrogens (tertiary/aromatic N) is 1. The normalized spacial score (nSPS) is 12.5. The number of hydrogen-bond donors (Lipinski definition) is 1. The molecule has 1 N–H and O–H groups in total. The van der Waals surface area contributed by atoms with Gasteiger partial charge in [-0.1, -0.05) is 41.9 Å². The molecule has 0 aliphatic rings. The number of carbonyl (C=O) groups excluding carboxylic acids is 1. The summed E-state index contributed by atoms with van der Waals surface area (Å²) in [5.41, 5.74) is 3.56. The van der Waals surface area contributed by atoms with Gasteiger partial charge in [0, 0.05) is 0 Å². The maximum atomic E-state index is 12.5. The van der Waals surface area contributed by atoms with Gasteiger partial charge >= 0.3 is 0 Å². The average Bonchev–Trinajstić information content (AvgIpc) is 2.55. The number of para-hydroxylation sites is 1. The van der Waals surface area contributed by atoms with Gasteiger partial charge in [0.15, 0.2) is 0 Å². The van der Waals surface area contributed by atoms with Gasteiger partial charge in [-0.2, -0.15) is 0 Å². The molecule has 0 aliphatic heterocycles. The molecule has 0 radical (unpaired) electrons. The number of hydrogen-bond acceptors (Lipinski definition) is 3. The zero-order chi connectivity index (χ0) is 19.5. The fourth-order valence-electron chi connectivity index (χ4n) is 2.57. The van der Waals surface area contributed by atoms with E-state index in [-0.39, 0.29) is 23.3 Å². The van der Waals surface area contributed by atoms with Crippen molar-refractivity contribution in [1.29, 1.82) is 0 Å². The van der Waals surface area contributed by atoms with Crippen molar-refractivity contribution in [3.05, 3.63) is 64.2 Å². The van der Waals surface area contributed by atoms with Gasteiger partial charge in [-0.25, -0.2) is 8.42 Å². The summed E-state index contributed by atoms with van der Waals surface area (Å²) in [6, 6.07) is 12.3. The van der Waals surface area contributed by atoms with Crippen LogP contribution >= 0.6 is 11.6 Å². The Hall–Kier alpha value is -2.05. The quantitative estimate of drug-likeness (QED) is 0.813. The Balaban J connectivity index is 2.17. The highest BCUT2D eigenvalue weighted by atomic mass is 35.5. The molecular weight excluding hydrogens is 372 g/mol. The van der Waals surface area contributed by atoms with Crippen molar-refractivity contribution >= 4 is 33.2 Å². The number of halogens is 1. The van der Waals surface area contributed by atoms with Crippen molar-refractivity contribution in [2.75, 3.05) is 17.1 Å². The van der Waals surface area contributed by atoms with Gasteiger partial charge in [-0.15, -0.1) is 0 Å². The number of benzene rings is 2. The van der Waals surface area contributed by atoms with Crippen LogP contribution in [0.15, 0.2) is 42.5 Å². The standard InChI is InChI=1S/C19H23ClN2O3S/c1-13-9-10-16(11-14(13)2)15(3)21-19(23)12-22(26(4,24)25)18-8-6-5-7-17(18)20/h5-11,15H,12H2,1-4H3,(H,21,23)/t15-/m0/s1. The molecule has 0 fully saturated rings. The lowest BCUT2D eigenvalue weighted by molar-refractivity contribution is -0.120. The maximum Gasteiger partial charge on any atom is 0.241 e. The predicted molar refractivity (Wildman–Crippen MR) is 106 cm³/mol. The van der Waals surface area contributed by atoms with Crippen molar-refractivity contribution in [3.8, 4) is 0 Å². The first-order chi connectivity index (χ1) is 12.1. The maximum absolute atomic E-state index is 12.5. The van der Waals surface area contributed by atoms with Gasteiger partial charge in [0.2, 0.25) is 15.9 Å². The van der Waals surface area contributed by atoms with Crippen LogP contribution in [-0.4, -0.2) is 27.1 Å². The number of nitrogens with one attached hydrogen (secondary N) is 1. The van der Waals surface area contributed by atoms with E-state index in [1.165, 1.54) is 5.56 Å². The van der Waals surface area contributed by atoms with E-state index in [0.29, 0.717) is 0 Å². The van der Waals surface area contributed by atoms with E-state index in [0.717, 1.165) is 21.7 Å². The number of aryl methyl sites for hydroxylation is 2. The highest BCUT2D eigenvalue weighted by molar-refractivity contribution is 7.92. The molecule has 1 amide bonds. The SMILES string of the molecule is Cc1ccc([C@H](C)NC(=O)CN(c2ccccc2Cl)S(C)(=O)=O)cc1C. The van der Waals surface area contributed by atoms with E-state index in [2.05, 4.69) is 5.32 Å². The van der Waals surface area contributed by atoms with Crippen molar-refractivity contribution in [2.45, 2.75) is 26.8 Å². The van der Waals surface area contributed by atoms with Crippen LogP contribution in [-0.2, 0) is 14.8 Å². The fraction of sp³-hybridized carbons (Fsp3) is 0.316. The minimum absolute atomic E-state index is 0.241. The lowest BCUT2D eigenvalue weighted by Gasteiger charge is -2.24. The van der Waals surface area contributed by atoms with Crippen LogP contribution in [0.4, 0.5) is 5.69 Å². The highest BCUT2D eigenvalue weighted by Gasteiger charge is 2.23. The topological polar surface area (TPSA) is 66.5 Å². The number of amides is 1. The van der Waals surface area contributed by atoms with Gasteiger partial charge in [0.25, 0.3) is 0 Å². The molecule has 0 saturated heterocycles. The highest BCUT2D eigenvalue weighted by Crippen LogP contribution is 2.27. The van der Waals surface area contributed by atoms with Gasteiger partial charge < -0.3 is 5.32 Å². The van der Waals surface area contributed by atoms with Gasteiger partial charge in [-0.3, -0.25) is 9.10 Å². The molecule has 2 rings (SSSR count). The number of rotatable bonds is 6. The van der Waals surface area contributed by atoms with E-state index in [4.69, 9.17) is 11.6 Å². The monoisotopic (exact) mass is 394 g/mol. The Labute approximate surface area is 160 Å². The molecule has 0 unspecified atom stereocenters. The third-order valence-corrected chi connectivity index (χ3v) is 5.66. The van der Waals surface area contributed by atoms with Crippen LogP contribution in [0, 0.1) is 13.8 Å². The van der Waals surface area contributed by atoms with E-state index < -0.39 is 15.9 Å². The van der Waals surface area contributed by atoms with Crippen molar-refractivity contribution in [3.63, 3.8) is 0 Å². The van der Waals surface area contributed by atoms with Crippen molar-refractivity contribution in [1.82, 2.24) is 5.32 Å². The Kier molecular flexibility index (Phi) is 6.31. The Morgan fingerprint density at radius 1 is 1.15 bits per heavy atom. The Bertz CT molecular complexity index is 913. The predicted octanol–water partition coefficient (Wildman–Crippen LogP) is 3.60. The summed E-state index contributed by atoms with van der Waals surface area (Å²) in [6.07, 6.45) is 1.05. The second-order valence-electron chi connectivity index (χ2n) is 6.35. The summed E-state index contributed by atoms with van der Waals surface area (Å²) >= 11 is 6.10. The summed E-state index contributed by atoms with van der Waals surface area (Å²) in [7, 11) is -3.66. The first kappa shape index (κ1) is 20.3. The molecule has 0 saturated carbocycles. The molecule has 5 nitrogen and oxygen atoms in total. The fourth-order valence-corrected chi connectivity index (χ4v) is 3.73. The molecule has 26 heavy (non-hydrogen) atoms. The van der Waals surface area contributed by atoms with Crippen LogP contribution in [0.5, 0.6) is 0 Å². The molecule has 0 heterocycles. The Morgan fingerprint density at radius 2 is 1.81 bits per heavy atom. The number of carbonyl (C=O) groups is 1. The second kappa shape index (κ2) is 8.10. The lowest BCUT2D eigenvalue weighted by atomic mass is 10.0. The van der Waals surface area contributed by atoms with E-state index in [1.807, 2.05) is 39.0 Å². The van der Waals surface area contributed by atoms with Crippen LogP contribution in [0.3, 0.4) is 0 Å². The van der Waals surface area contributed by atoms with Crippen LogP contribution in [0.2, 0.25) is 5.02 Å². The summed E-state index contributed by atoms with van der Waals surface area (Å²) in [4.78, 5) is 12.5. The molecule has 2 aromatic carbocycles. The van der Waals surface area contributed by atoms with Gasteiger partial charge in [-0.05, 0) is 49.6 Å². The molecule has 0 bridgehead atoms. The first-order valence-electron chi connectivity index (χ1n) is 8.18. The molecule has 1 atom stereocenters. The van der Waals surface area contributed by atoms with Gasteiger partial charge in [0.05, 0.1) is 23.0 Å². The lowest BCUT2D eigenvalue weighted by Crippen LogP contribution is -2.41. The third kappa shape index (κ3) is 4.99. The summed E-state index contributed by atoms with van der Waals surface area (Å²) in [6.45, 7) is 5.56. The molecule has 0 spiro atoms. The summed E-state index contributed by atoms with van der Waals surface area (Å²) in [5, 5.41) is 3.12. The smallest absolute Gasteiger partial charge is 0.241 e. The van der Waals surface area contributed by atoms with E-state index >= 15 is 0 Å². The van der Waals surface area contributed by atoms with E-state index in [9.17, 15) is 13.2 Å². The molecule has 2 aromatic rings. The summed E-state index contributed by atoms with van der Waals surface area (Å²) < 4.78 is 25.3. The minimum Gasteiger partial charge on any atom is -0.348 e. The second-order valence-corrected chi connectivity index (χ2v) is 8.67. The molecule has 140 valence electrons. The zero-order valence-corrected chi connectivity index (χ0v) is 16.9. The van der Waals surface area contributed by atoms with Gasteiger partial charge in [0.1, 0.15) is 6.54 Å². The summed E-state index contributed by atoms with van der Waals surface area (Å²) in [5.74, 6) is -0.402. The van der Waals surface area contributed by atoms with Crippen molar-refractivity contribution in [2.24, 2.45) is 0 Å². The van der Waals surface area contributed by atoms with Crippen LogP contribution in [0.25, 0.3) is 0 Å². The zero-order valence-electron chi connectivity index (χ0n) is 15.3. The first-order valence-corrected chi connectivity index (χ1v) is 10.4. The molecule has 0 aliphatic carbocycles. The number of anilines is 1. The third-order valence-electron chi connectivity index (χ3n) is 4.22.